The molecule has 1 N–H and O–H groups in total. The Morgan fingerprint density at radius 3 is 2.30 bits per heavy atom. The van der Waals surface area contributed by atoms with Crippen LogP contribution in [-0.4, -0.2) is 17.3 Å². The van der Waals surface area contributed by atoms with Gasteiger partial charge in [0.25, 0.3) is 0 Å². The molecular weight excluding hydrogens is 268 g/mol. The first kappa shape index (κ1) is 14.4. The third-order valence-electron chi connectivity index (χ3n) is 3.09. The molecule has 0 heterocycles. The summed E-state index contributed by atoms with van der Waals surface area (Å²) in [5.74, 6) is -0.909. The Morgan fingerprint density at radius 1 is 1.10 bits per heavy atom. The number of carboxylic acids is 1. The number of aryl methyl sites for hydroxylation is 1. The summed E-state index contributed by atoms with van der Waals surface area (Å²) < 4.78 is 0. The van der Waals surface area contributed by atoms with Crippen molar-refractivity contribution in [2.24, 2.45) is 0 Å². The molecule has 0 amide bonds. The fourth-order valence-electron chi connectivity index (χ4n) is 2.00. The molecule has 0 bridgehead atoms. The number of carboxylic acid groups (broad SMARTS) is 1. The molecule has 0 saturated heterocycles. The molecule has 2 rings (SSSR count). The second-order valence-electron chi connectivity index (χ2n) is 4.45. The molecule has 0 fully saturated rings. The predicted molar refractivity (Wildman–Crippen MR) is 84.9 cm³/mol. The molecule has 102 valence electrons. The van der Waals surface area contributed by atoms with E-state index in [9.17, 15) is 9.90 Å². The summed E-state index contributed by atoms with van der Waals surface area (Å²) in [6.45, 7) is 1.92. The number of thioether (sulfide) groups is 1. The minimum Gasteiger partial charge on any atom is -0.478 e. The quantitative estimate of drug-likeness (QED) is 0.515. The molecule has 2 aromatic carbocycles. The summed E-state index contributed by atoms with van der Waals surface area (Å²) in [6.07, 6.45) is 3.73. The van der Waals surface area contributed by atoms with Crippen LogP contribution in [0.2, 0.25) is 0 Å². The van der Waals surface area contributed by atoms with Crippen LogP contribution in [0, 0.1) is 6.92 Å². The Labute approximate surface area is 123 Å². The molecule has 0 saturated carbocycles. The Balaban J connectivity index is 2.45. The molecule has 0 aliphatic carbocycles. The second-order valence-corrected chi connectivity index (χ2v) is 5.33. The summed E-state index contributed by atoms with van der Waals surface area (Å²) in [6, 6.07) is 15.4. The van der Waals surface area contributed by atoms with Crippen molar-refractivity contribution in [2.75, 3.05) is 6.26 Å². The number of aliphatic carboxylic acids is 1. The standard InChI is InChI=1S/C17H16O2S/c1-12-5-3-4-6-15(12)16(17(18)19)11-13-7-9-14(20-2)10-8-13/h3-11H,1-2H3,(H,18,19). The van der Waals surface area contributed by atoms with Gasteiger partial charge in [-0.15, -0.1) is 11.8 Å². The van der Waals surface area contributed by atoms with E-state index in [1.54, 1.807) is 17.8 Å². The lowest BCUT2D eigenvalue weighted by Gasteiger charge is -2.07. The van der Waals surface area contributed by atoms with E-state index in [2.05, 4.69) is 0 Å². The first-order valence-electron chi connectivity index (χ1n) is 6.27. The molecule has 20 heavy (non-hydrogen) atoms. The van der Waals surface area contributed by atoms with E-state index in [4.69, 9.17) is 0 Å². The number of rotatable bonds is 4. The molecule has 0 aliphatic rings. The highest BCUT2D eigenvalue weighted by molar-refractivity contribution is 7.98. The highest BCUT2D eigenvalue weighted by Gasteiger charge is 2.12. The van der Waals surface area contributed by atoms with Crippen LogP contribution >= 0.6 is 11.8 Å². The van der Waals surface area contributed by atoms with Crippen molar-refractivity contribution in [3.63, 3.8) is 0 Å². The molecule has 2 aromatic rings. The van der Waals surface area contributed by atoms with Gasteiger partial charge in [-0.3, -0.25) is 0 Å². The van der Waals surface area contributed by atoms with Gasteiger partial charge in [-0.2, -0.15) is 0 Å². The van der Waals surface area contributed by atoms with Gasteiger partial charge >= 0.3 is 5.97 Å². The molecule has 0 unspecified atom stereocenters. The number of hydrogen-bond acceptors (Lipinski definition) is 2. The van der Waals surface area contributed by atoms with Crippen LogP contribution in [0.4, 0.5) is 0 Å². The fraction of sp³-hybridized carbons (Fsp3) is 0.118. The van der Waals surface area contributed by atoms with Crippen molar-refractivity contribution in [1.29, 1.82) is 0 Å². The Bertz CT molecular complexity index is 642. The summed E-state index contributed by atoms with van der Waals surface area (Å²) in [5.41, 5.74) is 2.93. The molecule has 0 spiro atoms. The van der Waals surface area contributed by atoms with E-state index in [-0.39, 0.29) is 0 Å². The SMILES string of the molecule is CSc1ccc(C=C(C(=O)O)c2ccccc2C)cc1. The van der Waals surface area contributed by atoms with Gasteiger partial charge in [0.05, 0.1) is 5.57 Å². The van der Waals surface area contributed by atoms with Crippen molar-refractivity contribution >= 4 is 29.4 Å². The maximum absolute atomic E-state index is 11.5. The van der Waals surface area contributed by atoms with Crippen molar-refractivity contribution in [2.45, 2.75) is 11.8 Å². The van der Waals surface area contributed by atoms with Crippen LogP contribution in [0.5, 0.6) is 0 Å². The topological polar surface area (TPSA) is 37.3 Å². The zero-order valence-electron chi connectivity index (χ0n) is 11.5. The molecule has 0 atom stereocenters. The number of hydrogen-bond donors (Lipinski definition) is 1. The Hall–Kier alpha value is -2.00. The van der Waals surface area contributed by atoms with E-state index < -0.39 is 5.97 Å². The largest absolute Gasteiger partial charge is 0.478 e. The van der Waals surface area contributed by atoms with Crippen LogP contribution in [0.15, 0.2) is 53.4 Å². The van der Waals surface area contributed by atoms with E-state index in [1.165, 1.54) is 0 Å². The molecular formula is C17H16O2S. The summed E-state index contributed by atoms with van der Waals surface area (Å²) in [4.78, 5) is 12.7. The minimum atomic E-state index is -0.909. The van der Waals surface area contributed by atoms with Gasteiger partial charge in [-0.1, -0.05) is 36.4 Å². The summed E-state index contributed by atoms with van der Waals surface area (Å²) >= 11 is 1.66. The van der Waals surface area contributed by atoms with Gasteiger partial charge in [0, 0.05) is 4.90 Å². The number of carbonyl (C=O) groups is 1. The van der Waals surface area contributed by atoms with Crippen LogP contribution in [0.3, 0.4) is 0 Å². The van der Waals surface area contributed by atoms with Crippen molar-refractivity contribution in [3.8, 4) is 0 Å². The van der Waals surface area contributed by atoms with Crippen LogP contribution in [0.25, 0.3) is 11.6 Å². The van der Waals surface area contributed by atoms with Gasteiger partial charge in [-0.05, 0) is 48.1 Å². The van der Waals surface area contributed by atoms with Crippen molar-refractivity contribution in [1.82, 2.24) is 0 Å². The zero-order valence-corrected chi connectivity index (χ0v) is 12.3. The average Bonchev–Trinajstić information content (AvgIpc) is 2.46. The van der Waals surface area contributed by atoms with E-state index in [0.29, 0.717) is 5.57 Å². The Morgan fingerprint density at radius 2 is 1.75 bits per heavy atom. The van der Waals surface area contributed by atoms with Crippen LogP contribution in [0.1, 0.15) is 16.7 Å². The van der Waals surface area contributed by atoms with Gasteiger partial charge < -0.3 is 5.11 Å². The van der Waals surface area contributed by atoms with E-state index in [1.807, 2.05) is 61.7 Å². The van der Waals surface area contributed by atoms with Gasteiger partial charge in [0.15, 0.2) is 0 Å². The van der Waals surface area contributed by atoms with Gasteiger partial charge in [-0.25, -0.2) is 4.79 Å². The van der Waals surface area contributed by atoms with Gasteiger partial charge in [0.1, 0.15) is 0 Å². The Kier molecular flexibility index (Phi) is 4.64. The van der Waals surface area contributed by atoms with E-state index in [0.717, 1.165) is 21.6 Å². The lowest BCUT2D eigenvalue weighted by atomic mass is 9.98. The zero-order chi connectivity index (χ0) is 14.5. The minimum absolute atomic E-state index is 0.319. The highest BCUT2D eigenvalue weighted by Crippen LogP contribution is 2.23. The molecule has 0 aliphatic heterocycles. The smallest absolute Gasteiger partial charge is 0.336 e. The lowest BCUT2D eigenvalue weighted by Crippen LogP contribution is -2.01. The highest BCUT2D eigenvalue weighted by atomic mass is 32.2. The molecule has 0 aromatic heterocycles. The third-order valence-corrected chi connectivity index (χ3v) is 3.84. The van der Waals surface area contributed by atoms with Crippen molar-refractivity contribution < 1.29 is 9.90 Å². The van der Waals surface area contributed by atoms with Crippen molar-refractivity contribution in [3.05, 3.63) is 65.2 Å². The van der Waals surface area contributed by atoms with Crippen LogP contribution < -0.4 is 0 Å². The third kappa shape index (κ3) is 3.31. The van der Waals surface area contributed by atoms with Gasteiger partial charge in [0.2, 0.25) is 0 Å². The average molecular weight is 284 g/mol. The lowest BCUT2D eigenvalue weighted by molar-refractivity contribution is -0.130. The predicted octanol–water partition coefficient (Wildman–Crippen LogP) is 4.34. The molecule has 2 nitrogen and oxygen atoms in total. The second kappa shape index (κ2) is 6.44. The molecule has 3 heteroatoms. The monoisotopic (exact) mass is 284 g/mol. The first-order chi connectivity index (χ1) is 9.61. The molecule has 0 radical (unpaired) electrons. The first-order valence-corrected chi connectivity index (χ1v) is 7.49. The van der Waals surface area contributed by atoms with E-state index >= 15 is 0 Å². The van der Waals surface area contributed by atoms with Crippen LogP contribution in [-0.2, 0) is 4.79 Å². The fourth-order valence-corrected chi connectivity index (χ4v) is 2.40. The maximum Gasteiger partial charge on any atom is 0.336 e. The summed E-state index contributed by atoms with van der Waals surface area (Å²) in [7, 11) is 0. The maximum atomic E-state index is 11.5. The number of benzene rings is 2. The normalized spacial score (nSPS) is 11.4. The summed E-state index contributed by atoms with van der Waals surface area (Å²) in [5, 5.41) is 9.44.